The smallest absolute Gasteiger partial charge is 0.272 e. The Bertz CT molecular complexity index is 441. The first-order chi connectivity index (χ1) is 9.11. The largest absolute Gasteiger partial charge is 0.368 e. The van der Waals surface area contributed by atoms with Crippen LogP contribution in [0.3, 0.4) is 0 Å². The molecule has 1 heterocycles. The van der Waals surface area contributed by atoms with Gasteiger partial charge in [-0.1, -0.05) is 13.0 Å². The molecule has 0 bridgehead atoms. The molecule has 104 valence electrons. The fourth-order valence-electron chi connectivity index (χ4n) is 2.15. The topological polar surface area (TPSA) is 45.2 Å². The van der Waals surface area contributed by atoms with Crippen LogP contribution in [0.5, 0.6) is 0 Å². The van der Waals surface area contributed by atoms with Crippen LogP contribution in [0.1, 0.15) is 50.5 Å². The van der Waals surface area contributed by atoms with E-state index in [1.165, 1.54) is 0 Å². The molecule has 0 saturated heterocycles. The average molecular weight is 261 g/mol. The van der Waals surface area contributed by atoms with Crippen molar-refractivity contribution in [1.82, 2.24) is 9.88 Å². The third-order valence-corrected chi connectivity index (χ3v) is 3.12. The summed E-state index contributed by atoms with van der Waals surface area (Å²) in [6, 6.07) is 6.35. The van der Waals surface area contributed by atoms with Crippen molar-refractivity contribution >= 4 is 11.7 Å². The molecule has 0 radical (unpaired) electrons. The summed E-state index contributed by atoms with van der Waals surface area (Å²) < 4.78 is 0. The lowest BCUT2D eigenvalue weighted by Crippen LogP contribution is -2.34. The molecule has 0 aliphatic heterocycles. The molecule has 0 spiro atoms. The summed E-state index contributed by atoms with van der Waals surface area (Å²) in [5, 5.41) is 3.23. The number of amides is 1. The highest BCUT2D eigenvalue weighted by molar-refractivity contribution is 5.93. The van der Waals surface area contributed by atoms with Gasteiger partial charge in [0.1, 0.15) is 11.5 Å². The zero-order chi connectivity index (χ0) is 13.8. The summed E-state index contributed by atoms with van der Waals surface area (Å²) in [5.41, 5.74) is 0.547. The molecule has 1 saturated carbocycles. The minimum atomic E-state index is 0.0664. The third kappa shape index (κ3) is 3.69. The summed E-state index contributed by atoms with van der Waals surface area (Å²) in [7, 11) is 0. The van der Waals surface area contributed by atoms with Crippen molar-refractivity contribution in [3.63, 3.8) is 0 Å². The monoisotopic (exact) mass is 261 g/mol. The van der Waals surface area contributed by atoms with Gasteiger partial charge in [-0.15, -0.1) is 0 Å². The molecule has 19 heavy (non-hydrogen) atoms. The Morgan fingerprint density at radius 1 is 1.47 bits per heavy atom. The van der Waals surface area contributed by atoms with Gasteiger partial charge in [-0.2, -0.15) is 0 Å². The Balaban J connectivity index is 2.12. The molecule has 4 heteroatoms. The molecule has 1 aromatic heterocycles. The van der Waals surface area contributed by atoms with Crippen LogP contribution in [0.2, 0.25) is 0 Å². The van der Waals surface area contributed by atoms with Crippen molar-refractivity contribution < 1.29 is 4.79 Å². The molecule has 2 rings (SSSR count). The van der Waals surface area contributed by atoms with E-state index >= 15 is 0 Å². The normalized spacial score (nSPS) is 14.5. The van der Waals surface area contributed by atoms with Crippen LogP contribution in [0.25, 0.3) is 0 Å². The van der Waals surface area contributed by atoms with E-state index in [1.54, 1.807) is 6.07 Å². The Kier molecular flexibility index (Phi) is 4.40. The molecule has 1 aliphatic carbocycles. The van der Waals surface area contributed by atoms with E-state index in [2.05, 4.69) is 31.1 Å². The minimum absolute atomic E-state index is 0.0664. The molecular formula is C15H23N3O. The van der Waals surface area contributed by atoms with Crippen molar-refractivity contribution in [3.8, 4) is 0 Å². The first kappa shape index (κ1) is 13.8. The maximum Gasteiger partial charge on any atom is 0.272 e. The molecule has 4 nitrogen and oxygen atoms in total. The van der Waals surface area contributed by atoms with Gasteiger partial charge in [0.15, 0.2) is 0 Å². The maximum atomic E-state index is 12.5. The molecule has 1 fully saturated rings. The van der Waals surface area contributed by atoms with Crippen molar-refractivity contribution in [3.05, 3.63) is 23.9 Å². The number of carbonyl (C=O) groups excluding carboxylic acids is 1. The van der Waals surface area contributed by atoms with Gasteiger partial charge in [-0.3, -0.25) is 4.79 Å². The molecule has 1 N–H and O–H groups in total. The Labute approximate surface area is 115 Å². The van der Waals surface area contributed by atoms with Gasteiger partial charge in [-0.25, -0.2) is 4.98 Å². The van der Waals surface area contributed by atoms with Gasteiger partial charge in [0.2, 0.25) is 0 Å². The first-order valence-corrected chi connectivity index (χ1v) is 7.16. The van der Waals surface area contributed by atoms with E-state index in [4.69, 9.17) is 0 Å². The van der Waals surface area contributed by atoms with Crippen molar-refractivity contribution in [2.45, 2.75) is 52.1 Å². The van der Waals surface area contributed by atoms with E-state index < -0.39 is 0 Å². The second-order valence-corrected chi connectivity index (χ2v) is 5.44. The number of nitrogens with one attached hydrogen (secondary N) is 1. The maximum absolute atomic E-state index is 12.5. The number of hydrogen-bond acceptors (Lipinski definition) is 3. The van der Waals surface area contributed by atoms with E-state index in [0.717, 1.165) is 31.6 Å². The van der Waals surface area contributed by atoms with Crippen LogP contribution in [0.4, 0.5) is 5.82 Å². The molecule has 1 aromatic rings. The zero-order valence-electron chi connectivity index (χ0n) is 12.0. The highest BCUT2D eigenvalue weighted by atomic mass is 16.2. The van der Waals surface area contributed by atoms with E-state index in [0.29, 0.717) is 17.8 Å². The van der Waals surface area contributed by atoms with E-state index in [-0.39, 0.29) is 5.91 Å². The lowest BCUT2D eigenvalue weighted by molar-refractivity contribution is 0.0737. The molecule has 0 atom stereocenters. The summed E-state index contributed by atoms with van der Waals surface area (Å²) in [6.07, 6.45) is 3.26. The second kappa shape index (κ2) is 6.04. The van der Waals surface area contributed by atoms with Gasteiger partial charge >= 0.3 is 0 Å². The number of hydrogen-bond donors (Lipinski definition) is 1. The highest BCUT2D eigenvalue weighted by Crippen LogP contribution is 2.28. The van der Waals surface area contributed by atoms with Crippen LogP contribution in [0.15, 0.2) is 18.2 Å². The Morgan fingerprint density at radius 3 is 2.79 bits per heavy atom. The summed E-state index contributed by atoms with van der Waals surface area (Å²) in [6.45, 7) is 7.05. The van der Waals surface area contributed by atoms with Crippen LogP contribution in [-0.4, -0.2) is 34.4 Å². The fraction of sp³-hybridized carbons (Fsp3) is 0.600. The van der Waals surface area contributed by atoms with Crippen LogP contribution < -0.4 is 5.32 Å². The number of nitrogens with zero attached hydrogens (tertiary/aromatic N) is 2. The molecule has 1 amide bonds. The van der Waals surface area contributed by atoms with Gasteiger partial charge in [-0.05, 0) is 45.2 Å². The quantitative estimate of drug-likeness (QED) is 0.856. The molecule has 0 aromatic carbocycles. The number of anilines is 1. The van der Waals surface area contributed by atoms with Crippen LogP contribution in [0, 0.1) is 0 Å². The van der Waals surface area contributed by atoms with Gasteiger partial charge in [0, 0.05) is 18.6 Å². The third-order valence-electron chi connectivity index (χ3n) is 3.12. The fourth-order valence-corrected chi connectivity index (χ4v) is 2.15. The predicted molar refractivity (Wildman–Crippen MR) is 77.3 cm³/mol. The number of pyridine rings is 1. The molecular weight excluding hydrogens is 238 g/mol. The van der Waals surface area contributed by atoms with Crippen LogP contribution >= 0.6 is 0 Å². The van der Waals surface area contributed by atoms with Crippen molar-refractivity contribution in [2.75, 3.05) is 11.9 Å². The van der Waals surface area contributed by atoms with Crippen LogP contribution in [-0.2, 0) is 0 Å². The average Bonchev–Trinajstić information content (AvgIpc) is 3.19. The first-order valence-electron chi connectivity index (χ1n) is 7.16. The predicted octanol–water partition coefficient (Wildman–Crippen LogP) is 2.92. The lowest BCUT2D eigenvalue weighted by Gasteiger charge is -2.21. The Hall–Kier alpha value is -1.58. The number of carbonyl (C=O) groups is 1. The van der Waals surface area contributed by atoms with Gasteiger partial charge < -0.3 is 10.2 Å². The summed E-state index contributed by atoms with van der Waals surface area (Å²) >= 11 is 0. The SMILES string of the molecule is CCCN(C(=O)c1cccc(NC(C)C)n1)C1CC1. The zero-order valence-corrected chi connectivity index (χ0v) is 12.0. The number of aromatic nitrogens is 1. The second-order valence-electron chi connectivity index (χ2n) is 5.44. The lowest BCUT2D eigenvalue weighted by atomic mass is 10.2. The van der Waals surface area contributed by atoms with Crippen molar-refractivity contribution in [2.24, 2.45) is 0 Å². The van der Waals surface area contributed by atoms with Gasteiger partial charge in [0.25, 0.3) is 5.91 Å². The standard InChI is InChI=1S/C15H23N3O/c1-4-10-18(12-8-9-12)15(19)13-6-5-7-14(17-13)16-11(2)3/h5-7,11-12H,4,8-10H2,1-3H3,(H,16,17). The van der Waals surface area contributed by atoms with Crippen molar-refractivity contribution in [1.29, 1.82) is 0 Å². The Morgan fingerprint density at radius 2 is 2.21 bits per heavy atom. The summed E-state index contributed by atoms with van der Waals surface area (Å²) in [4.78, 5) is 18.9. The van der Waals surface area contributed by atoms with E-state index in [9.17, 15) is 4.79 Å². The molecule has 1 aliphatic rings. The molecule has 0 unspecified atom stereocenters. The number of rotatable bonds is 6. The summed E-state index contributed by atoms with van der Waals surface area (Å²) in [5.74, 6) is 0.838. The highest BCUT2D eigenvalue weighted by Gasteiger charge is 2.32. The van der Waals surface area contributed by atoms with E-state index in [1.807, 2.05) is 17.0 Å². The minimum Gasteiger partial charge on any atom is -0.368 e. The van der Waals surface area contributed by atoms with Gasteiger partial charge in [0.05, 0.1) is 0 Å².